The van der Waals surface area contributed by atoms with Crippen molar-refractivity contribution in [1.29, 1.82) is 0 Å². The number of nitrogens with zero attached hydrogens (tertiary/aromatic N) is 2. The van der Waals surface area contributed by atoms with E-state index < -0.39 is 0 Å². The van der Waals surface area contributed by atoms with E-state index in [0.29, 0.717) is 37.4 Å². The Morgan fingerprint density at radius 1 is 1.06 bits per heavy atom. The molecule has 2 amide bonds. The lowest BCUT2D eigenvalue weighted by Crippen LogP contribution is -2.40. The molecular weight excluding hydrogens is 440 g/mol. The van der Waals surface area contributed by atoms with Crippen molar-refractivity contribution < 1.29 is 14.3 Å². The van der Waals surface area contributed by atoms with Gasteiger partial charge in [-0.05, 0) is 90.3 Å². The van der Waals surface area contributed by atoms with Crippen LogP contribution in [0.3, 0.4) is 0 Å². The highest BCUT2D eigenvalue weighted by Crippen LogP contribution is 2.20. The topological polar surface area (TPSA) is 83.6 Å². The molecule has 1 aromatic carbocycles. The molecule has 0 fully saturated rings. The molecule has 7 heteroatoms. The third kappa shape index (κ3) is 10.8. The first kappa shape index (κ1) is 28.1. The number of rotatable bonds is 13. The fourth-order valence-electron chi connectivity index (χ4n) is 3.77. The molecule has 7 nitrogen and oxygen atoms in total. The first-order chi connectivity index (χ1) is 16.5. The van der Waals surface area contributed by atoms with Crippen LogP contribution in [-0.4, -0.2) is 53.0 Å². The quantitative estimate of drug-likeness (QED) is 0.383. The monoisotopic (exact) mass is 482 g/mol. The van der Waals surface area contributed by atoms with Crippen LogP contribution in [0.25, 0.3) is 0 Å². The molecule has 0 spiro atoms. The highest BCUT2D eigenvalue weighted by molar-refractivity contribution is 5.95. The second-order valence-corrected chi connectivity index (χ2v) is 10.2. The molecule has 2 aromatic rings. The summed E-state index contributed by atoms with van der Waals surface area (Å²) in [4.78, 5) is 31.2. The summed E-state index contributed by atoms with van der Waals surface area (Å²) in [5.41, 5.74) is 2.41. The number of aromatic nitrogens is 1. The maximum atomic E-state index is 13.3. The van der Waals surface area contributed by atoms with Gasteiger partial charge >= 0.3 is 0 Å². The van der Waals surface area contributed by atoms with E-state index in [4.69, 9.17) is 4.74 Å². The SMILES string of the molecule is Cc1cc(OCCNc2ccncc2)cc(C(=O)N(CCCCCC(=O)NC(C)(C)C)C(C)C)c1. The number of hydrogen-bond acceptors (Lipinski definition) is 5. The van der Waals surface area contributed by atoms with Gasteiger partial charge in [-0.2, -0.15) is 0 Å². The van der Waals surface area contributed by atoms with Crippen LogP contribution < -0.4 is 15.4 Å². The number of anilines is 1. The summed E-state index contributed by atoms with van der Waals surface area (Å²) in [6.07, 6.45) is 6.58. The van der Waals surface area contributed by atoms with Crippen molar-refractivity contribution in [2.24, 2.45) is 0 Å². The van der Waals surface area contributed by atoms with Crippen LogP contribution in [0.2, 0.25) is 0 Å². The summed E-state index contributed by atoms with van der Waals surface area (Å²) in [7, 11) is 0. The number of carbonyl (C=O) groups excluding carboxylic acids is 2. The molecule has 0 bridgehead atoms. The van der Waals surface area contributed by atoms with E-state index >= 15 is 0 Å². The van der Waals surface area contributed by atoms with Crippen molar-refractivity contribution in [2.45, 2.75) is 78.8 Å². The van der Waals surface area contributed by atoms with Gasteiger partial charge in [-0.15, -0.1) is 0 Å². The fourth-order valence-corrected chi connectivity index (χ4v) is 3.77. The van der Waals surface area contributed by atoms with Crippen LogP contribution in [0.15, 0.2) is 42.7 Å². The summed E-state index contributed by atoms with van der Waals surface area (Å²) in [6.45, 7) is 13.8. The predicted molar refractivity (Wildman–Crippen MR) is 142 cm³/mol. The van der Waals surface area contributed by atoms with Crippen molar-refractivity contribution in [3.8, 4) is 5.75 Å². The number of amides is 2. The van der Waals surface area contributed by atoms with E-state index in [1.165, 1.54) is 0 Å². The Morgan fingerprint density at radius 3 is 2.43 bits per heavy atom. The number of pyridine rings is 1. The molecule has 192 valence electrons. The number of benzene rings is 1. The Balaban J connectivity index is 1.86. The molecule has 0 aliphatic heterocycles. The van der Waals surface area contributed by atoms with E-state index in [9.17, 15) is 9.59 Å². The van der Waals surface area contributed by atoms with E-state index in [1.807, 2.05) is 76.8 Å². The molecule has 0 atom stereocenters. The second kappa shape index (κ2) is 13.7. The van der Waals surface area contributed by atoms with Crippen molar-refractivity contribution in [3.05, 3.63) is 53.9 Å². The lowest BCUT2D eigenvalue weighted by molar-refractivity contribution is -0.122. The van der Waals surface area contributed by atoms with Gasteiger partial charge < -0.3 is 20.3 Å². The molecule has 1 aromatic heterocycles. The van der Waals surface area contributed by atoms with Crippen molar-refractivity contribution in [1.82, 2.24) is 15.2 Å². The van der Waals surface area contributed by atoms with Gasteiger partial charge in [-0.1, -0.05) is 6.42 Å². The average Bonchev–Trinajstić information content (AvgIpc) is 2.77. The van der Waals surface area contributed by atoms with Crippen molar-refractivity contribution in [2.75, 3.05) is 25.0 Å². The van der Waals surface area contributed by atoms with Crippen LogP contribution in [-0.2, 0) is 4.79 Å². The van der Waals surface area contributed by atoms with Gasteiger partial charge in [0.15, 0.2) is 0 Å². The standard InChI is InChI=1S/C28H42N4O3/c1-21(2)32(16-9-7-8-10-26(33)31-28(4,5)6)27(34)23-18-22(3)19-25(20-23)35-17-15-30-24-11-13-29-14-12-24/h11-14,18-21H,7-10,15-17H2,1-6H3,(H,29,30)(H,31,33). The van der Waals surface area contributed by atoms with Gasteiger partial charge in [0, 0.05) is 54.7 Å². The normalized spacial score (nSPS) is 11.3. The molecule has 0 aliphatic rings. The number of nitrogens with one attached hydrogen (secondary N) is 2. The Kier molecular flexibility index (Phi) is 11.0. The second-order valence-electron chi connectivity index (χ2n) is 10.2. The first-order valence-corrected chi connectivity index (χ1v) is 12.6. The third-order valence-corrected chi connectivity index (χ3v) is 5.38. The van der Waals surface area contributed by atoms with Gasteiger partial charge in [0.25, 0.3) is 5.91 Å². The minimum absolute atomic E-state index is 0.00827. The Morgan fingerprint density at radius 2 is 1.77 bits per heavy atom. The lowest BCUT2D eigenvalue weighted by Gasteiger charge is -2.27. The van der Waals surface area contributed by atoms with Gasteiger partial charge in [0.1, 0.15) is 12.4 Å². The summed E-state index contributed by atoms with van der Waals surface area (Å²) in [6, 6.07) is 9.59. The average molecular weight is 483 g/mol. The van der Waals surface area contributed by atoms with Gasteiger partial charge in [-0.3, -0.25) is 14.6 Å². The van der Waals surface area contributed by atoms with Crippen molar-refractivity contribution >= 4 is 17.5 Å². The summed E-state index contributed by atoms with van der Waals surface area (Å²) >= 11 is 0. The summed E-state index contributed by atoms with van der Waals surface area (Å²) in [5, 5.41) is 6.28. The molecule has 0 aliphatic carbocycles. The van der Waals surface area contributed by atoms with E-state index in [0.717, 1.165) is 30.5 Å². The lowest BCUT2D eigenvalue weighted by atomic mass is 10.1. The third-order valence-electron chi connectivity index (χ3n) is 5.38. The number of carbonyl (C=O) groups is 2. The Hall–Kier alpha value is -3.09. The number of hydrogen-bond donors (Lipinski definition) is 2. The molecule has 0 unspecified atom stereocenters. The first-order valence-electron chi connectivity index (χ1n) is 12.6. The van der Waals surface area contributed by atoms with Gasteiger partial charge in [0.05, 0.1) is 0 Å². The summed E-state index contributed by atoms with van der Waals surface area (Å²) in [5.74, 6) is 0.782. The Bertz CT molecular complexity index is 939. The zero-order chi connectivity index (χ0) is 25.8. The largest absolute Gasteiger partial charge is 0.492 e. The molecule has 0 radical (unpaired) electrons. The fraction of sp³-hybridized carbons (Fsp3) is 0.536. The molecule has 2 N–H and O–H groups in total. The molecule has 1 heterocycles. The van der Waals surface area contributed by atoms with E-state index in [-0.39, 0.29) is 23.4 Å². The van der Waals surface area contributed by atoms with Gasteiger partial charge in [-0.25, -0.2) is 0 Å². The Labute approximate surface area is 210 Å². The number of ether oxygens (including phenoxy) is 1. The van der Waals surface area contributed by atoms with Crippen molar-refractivity contribution in [3.63, 3.8) is 0 Å². The minimum Gasteiger partial charge on any atom is -0.492 e. The minimum atomic E-state index is -0.204. The van der Waals surface area contributed by atoms with Crippen LogP contribution >= 0.6 is 0 Å². The van der Waals surface area contributed by atoms with E-state index in [1.54, 1.807) is 12.4 Å². The summed E-state index contributed by atoms with van der Waals surface area (Å²) < 4.78 is 5.92. The van der Waals surface area contributed by atoms with Crippen LogP contribution in [0, 0.1) is 6.92 Å². The highest BCUT2D eigenvalue weighted by atomic mass is 16.5. The molecular formula is C28H42N4O3. The zero-order valence-corrected chi connectivity index (χ0v) is 22.2. The van der Waals surface area contributed by atoms with Gasteiger partial charge in [0.2, 0.25) is 5.91 Å². The van der Waals surface area contributed by atoms with Crippen LogP contribution in [0.5, 0.6) is 5.75 Å². The molecule has 0 saturated heterocycles. The maximum Gasteiger partial charge on any atom is 0.254 e. The smallest absolute Gasteiger partial charge is 0.254 e. The highest BCUT2D eigenvalue weighted by Gasteiger charge is 2.20. The molecule has 2 rings (SSSR count). The zero-order valence-electron chi connectivity index (χ0n) is 22.2. The van der Waals surface area contributed by atoms with Crippen LogP contribution in [0.4, 0.5) is 5.69 Å². The number of aryl methyl sites for hydroxylation is 1. The number of unbranched alkanes of at least 4 members (excludes halogenated alkanes) is 2. The molecule has 0 saturated carbocycles. The molecule has 35 heavy (non-hydrogen) atoms. The van der Waals surface area contributed by atoms with E-state index in [2.05, 4.69) is 15.6 Å². The van der Waals surface area contributed by atoms with Crippen LogP contribution in [0.1, 0.15) is 76.2 Å². The predicted octanol–water partition coefficient (Wildman–Crippen LogP) is 5.21. The maximum absolute atomic E-state index is 13.3.